The van der Waals surface area contributed by atoms with Gasteiger partial charge in [0.05, 0.1) is 0 Å². The van der Waals surface area contributed by atoms with Crippen LogP contribution in [-0.2, 0) is 18.3 Å². The monoisotopic (exact) mass is 573 g/mol. The Morgan fingerprint density at radius 2 is 1.71 bits per heavy atom. The quantitative estimate of drug-likeness (QED) is 0.201. The Balaban J connectivity index is 1.80. The number of aromatic hydroxyl groups is 1. The Bertz CT molecular complexity index is 813. The van der Waals surface area contributed by atoms with Crippen molar-refractivity contribution in [2.75, 3.05) is 6.54 Å². The van der Waals surface area contributed by atoms with Crippen LogP contribution in [0.25, 0.3) is 0 Å². The normalized spacial score (nSPS) is 26.7. The molecular weight excluding hydrogens is 521 g/mol. The van der Waals surface area contributed by atoms with Crippen LogP contribution in [0.4, 0.5) is 0 Å². The van der Waals surface area contributed by atoms with Crippen LogP contribution in [0.1, 0.15) is 108 Å². The molecule has 34 heavy (non-hydrogen) atoms. The minimum absolute atomic E-state index is 0.319. The first-order valence-electron chi connectivity index (χ1n) is 14.8. The SMILES string of the molecule is C=CCc1cc(O)cc2c1C[C@@H]1[C@@H]3CCCC[C@]23CC[N]1[Sn]([CH2]CCC)([CH2]CCC)[CH2]CCC. The van der Waals surface area contributed by atoms with Gasteiger partial charge in [0.25, 0.3) is 0 Å². The summed E-state index contributed by atoms with van der Waals surface area (Å²) in [4.78, 5) is 0. The van der Waals surface area contributed by atoms with E-state index < -0.39 is 18.7 Å². The van der Waals surface area contributed by atoms with Crippen molar-refractivity contribution in [1.82, 2.24) is 3.12 Å². The molecular formula is C31H51NOSn. The van der Waals surface area contributed by atoms with Gasteiger partial charge in [-0.3, -0.25) is 0 Å². The summed E-state index contributed by atoms with van der Waals surface area (Å²) in [6.45, 7) is 12.6. The van der Waals surface area contributed by atoms with Crippen LogP contribution in [0.5, 0.6) is 5.75 Å². The van der Waals surface area contributed by atoms with Gasteiger partial charge in [-0.1, -0.05) is 0 Å². The van der Waals surface area contributed by atoms with E-state index >= 15 is 0 Å². The fourth-order valence-electron chi connectivity index (χ4n) is 8.42. The van der Waals surface area contributed by atoms with Gasteiger partial charge in [-0.15, -0.1) is 0 Å². The molecule has 1 saturated carbocycles. The maximum absolute atomic E-state index is 10.7. The van der Waals surface area contributed by atoms with Gasteiger partial charge in [-0.25, -0.2) is 0 Å². The molecule has 0 aromatic heterocycles. The summed E-state index contributed by atoms with van der Waals surface area (Å²) < 4.78 is 8.08. The second-order valence-corrected chi connectivity index (χ2v) is 24.8. The number of nitrogens with zero attached hydrogens (tertiary/aromatic N) is 1. The number of benzene rings is 1. The molecule has 0 radical (unpaired) electrons. The van der Waals surface area contributed by atoms with Crippen molar-refractivity contribution in [3.8, 4) is 5.75 Å². The van der Waals surface area contributed by atoms with E-state index in [2.05, 4.69) is 42.6 Å². The van der Waals surface area contributed by atoms with Crippen molar-refractivity contribution in [3.63, 3.8) is 0 Å². The topological polar surface area (TPSA) is 23.5 Å². The number of hydrogen-bond acceptors (Lipinski definition) is 2. The molecule has 3 aliphatic rings. The van der Waals surface area contributed by atoms with E-state index in [1.807, 2.05) is 6.08 Å². The molecule has 0 spiro atoms. The van der Waals surface area contributed by atoms with Crippen molar-refractivity contribution < 1.29 is 5.11 Å². The number of hydrogen-bond donors (Lipinski definition) is 1. The summed E-state index contributed by atoms with van der Waals surface area (Å²) in [5.74, 6) is 1.29. The fourth-order valence-corrected chi connectivity index (χ4v) is 26.1. The molecule has 2 nitrogen and oxygen atoms in total. The first-order chi connectivity index (χ1) is 16.5. The summed E-state index contributed by atoms with van der Waals surface area (Å²) >= 11 is -2.49. The molecule has 3 atom stereocenters. The van der Waals surface area contributed by atoms with Crippen LogP contribution < -0.4 is 0 Å². The Kier molecular flexibility index (Phi) is 9.16. The second kappa shape index (κ2) is 11.7. The average molecular weight is 572 g/mol. The Morgan fingerprint density at radius 1 is 1.03 bits per heavy atom. The van der Waals surface area contributed by atoms with E-state index in [1.54, 1.807) is 24.4 Å². The van der Waals surface area contributed by atoms with Crippen LogP contribution in [0.2, 0.25) is 13.3 Å². The first-order valence-corrected chi connectivity index (χ1v) is 22.1. The number of fused-ring (bicyclic) bond motifs is 1. The van der Waals surface area contributed by atoms with Gasteiger partial charge in [0.15, 0.2) is 0 Å². The predicted molar refractivity (Wildman–Crippen MR) is 149 cm³/mol. The first kappa shape index (κ1) is 26.6. The number of piperidine rings is 1. The van der Waals surface area contributed by atoms with Crippen LogP contribution in [0.3, 0.4) is 0 Å². The number of phenolic OH excluding ortho intramolecular Hbond substituents is 1. The molecule has 1 N–H and O–H groups in total. The number of rotatable bonds is 12. The molecule has 1 aromatic carbocycles. The molecule has 0 unspecified atom stereocenters. The van der Waals surface area contributed by atoms with Crippen LogP contribution in [-0.4, -0.2) is 39.5 Å². The Morgan fingerprint density at radius 3 is 2.32 bits per heavy atom. The zero-order valence-electron chi connectivity index (χ0n) is 22.5. The third-order valence-electron chi connectivity index (χ3n) is 10.00. The van der Waals surface area contributed by atoms with Gasteiger partial charge in [-0.2, -0.15) is 0 Å². The van der Waals surface area contributed by atoms with E-state index in [1.165, 1.54) is 89.2 Å². The number of allylic oxidation sites excluding steroid dienone is 1. The second-order valence-electron chi connectivity index (χ2n) is 11.9. The summed E-state index contributed by atoms with van der Waals surface area (Å²) in [6.07, 6.45) is 19.4. The molecule has 0 amide bonds. The molecule has 2 bridgehead atoms. The average Bonchev–Trinajstić information content (AvgIpc) is 2.85. The van der Waals surface area contributed by atoms with Crippen molar-refractivity contribution >= 4 is 18.7 Å². The maximum atomic E-state index is 10.7. The van der Waals surface area contributed by atoms with Gasteiger partial charge in [-0.05, 0) is 0 Å². The molecule has 1 saturated heterocycles. The van der Waals surface area contributed by atoms with Gasteiger partial charge < -0.3 is 0 Å². The summed E-state index contributed by atoms with van der Waals surface area (Å²) in [6, 6.07) is 5.01. The van der Waals surface area contributed by atoms with Gasteiger partial charge in [0.1, 0.15) is 0 Å². The van der Waals surface area contributed by atoms with E-state index in [-0.39, 0.29) is 0 Å². The van der Waals surface area contributed by atoms with E-state index in [0.717, 1.165) is 18.4 Å². The third-order valence-corrected chi connectivity index (χ3v) is 26.1. The molecule has 190 valence electrons. The molecule has 2 fully saturated rings. The number of unbranched alkanes of at least 4 members (excludes halogenated alkanes) is 3. The molecule has 3 heteroatoms. The van der Waals surface area contributed by atoms with Crippen molar-refractivity contribution in [3.05, 3.63) is 41.5 Å². The molecule has 4 rings (SSSR count). The van der Waals surface area contributed by atoms with Gasteiger partial charge in [0.2, 0.25) is 0 Å². The van der Waals surface area contributed by atoms with Crippen molar-refractivity contribution in [1.29, 1.82) is 0 Å². The van der Waals surface area contributed by atoms with E-state index in [0.29, 0.717) is 11.2 Å². The third kappa shape index (κ3) is 4.89. The van der Waals surface area contributed by atoms with E-state index in [9.17, 15) is 5.11 Å². The molecule has 1 heterocycles. The summed E-state index contributed by atoms with van der Waals surface area (Å²) in [5.41, 5.74) is 4.82. The molecule has 2 aliphatic carbocycles. The summed E-state index contributed by atoms with van der Waals surface area (Å²) in [7, 11) is 0. The molecule has 1 aromatic rings. The van der Waals surface area contributed by atoms with Gasteiger partial charge in [0, 0.05) is 0 Å². The zero-order chi connectivity index (χ0) is 24.2. The van der Waals surface area contributed by atoms with Gasteiger partial charge >= 0.3 is 216 Å². The Hall–Kier alpha value is -0.481. The number of phenols is 1. The zero-order valence-corrected chi connectivity index (χ0v) is 25.4. The standard InChI is InChI=1S/C19H24NO.3C4H9.Sn/c1-2-5-13-10-14(21)11-17-15(13)12-18-16-6-3-4-7-19(16,17)8-9-20-18;3*1-3-4-2;/h2,10-11,16,18,21H,1,3-9,12H2;3*1,3-4H2,2H3;/q-1;;;;+1/t16-,18+,19+;;;;/m0..../s1. The fraction of sp³-hybridized carbons (Fsp3) is 0.742. The van der Waals surface area contributed by atoms with Crippen LogP contribution >= 0.6 is 0 Å². The van der Waals surface area contributed by atoms with Crippen LogP contribution in [0, 0.1) is 5.92 Å². The predicted octanol–water partition coefficient (Wildman–Crippen LogP) is 8.52. The van der Waals surface area contributed by atoms with E-state index in [4.69, 9.17) is 0 Å². The Labute approximate surface area is 214 Å². The minimum atomic E-state index is -2.49. The molecule has 1 aliphatic heterocycles. The summed E-state index contributed by atoms with van der Waals surface area (Å²) in [5, 5.41) is 10.7. The van der Waals surface area contributed by atoms with Crippen molar-refractivity contribution in [2.45, 2.75) is 129 Å². The van der Waals surface area contributed by atoms with Crippen LogP contribution in [0.15, 0.2) is 24.8 Å². The van der Waals surface area contributed by atoms with Crippen molar-refractivity contribution in [2.24, 2.45) is 5.92 Å².